The molecule has 0 aliphatic heterocycles. The van der Waals surface area contributed by atoms with Gasteiger partial charge in [0.05, 0.1) is 28.0 Å². The summed E-state index contributed by atoms with van der Waals surface area (Å²) in [4.78, 5) is 22.1. The molecular formula is C12H8ClN7O2. The summed E-state index contributed by atoms with van der Waals surface area (Å²) >= 11 is 5.97. The SMILES string of the molecule is O=[N+]([O-])c1cnc(Nc2cnn(-c3ncccn3)c2)c(Cl)c1. The maximum atomic E-state index is 10.6. The molecule has 0 unspecified atom stereocenters. The Morgan fingerprint density at radius 1 is 1.23 bits per heavy atom. The highest BCUT2D eigenvalue weighted by atomic mass is 35.5. The van der Waals surface area contributed by atoms with Crippen molar-refractivity contribution < 1.29 is 4.92 Å². The molecule has 110 valence electrons. The average molecular weight is 318 g/mol. The summed E-state index contributed by atoms with van der Waals surface area (Å²) in [6, 6.07) is 2.92. The summed E-state index contributed by atoms with van der Waals surface area (Å²) in [6.07, 6.45) is 7.52. The van der Waals surface area contributed by atoms with Crippen molar-refractivity contribution in [2.24, 2.45) is 0 Å². The number of anilines is 2. The fraction of sp³-hybridized carbons (Fsp3) is 0. The van der Waals surface area contributed by atoms with E-state index in [-0.39, 0.29) is 10.7 Å². The molecule has 3 heterocycles. The highest BCUT2D eigenvalue weighted by molar-refractivity contribution is 6.33. The lowest BCUT2D eigenvalue weighted by Crippen LogP contribution is -2.00. The van der Waals surface area contributed by atoms with Crippen molar-refractivity contribution in [1.29, 1.82) is 0 Å². The first-order valence-corrected chi connectivity index (χ1v) is 6.40. The van der Waals surface area contributed by atoms with Crippen LogP contribution in [0.15, 0.2) is 43.1 Å². The fourth-order valence-electron chi connectivity index (χ4n) is 1.66. The van der Waals surface area contributed by atoms with Crippen LogP contribution in [0.1, 0.15) is 0 Å². The van der Waals surface area contributed by atoms with Gasteiger partial charge in [0.25, 0.3) is 5.69 Å². The van der Waals surface area contributed by atoms with Crippen molar-refractivity contribution in [3.05, 3.63) is 58.3 Å². The van der Waals surface area contributed by atoms with Crippen LogP contribution >= 0.6 is 11.6 Å². The second-order valence-corrected chi connectivity index (χ2v) is 4.54. The minimum Gasteiger partial charge on any atom is -0.336 e. The van der Waals surface area contributed by atoms with E-state index in [9.17, 15) is 10.1 Å². The average Bonchev–Trinajstić information content (AvgIpc) is 2.98. The number of hydrogen-bond donors (Lipinski definition) is 1. The van der Waals surface area contributed by atoms with Crippen LogP contribution in [-0.4, -0.2) is 29.7 Å². The lowest BCUT2D eigenvalue weighted by Gasteiger charge is -2.04. The van der Waals surface area contributed by atoms with E-state index < -0.39 is 4.92 Å². The molecule has 0 aliphatic carbocycles. The summed E-state index contributed by atoms with van der Waals surface area (Å²) in [5, 5.41) is 17.8. The third-order valence-electron chi connectivity index (χ3n) is 2.64. The molecule has 3 aromatic rings. The Kier molecular flexibility index (Phi) is 3.62. The molecular weight excluding hydrogens is 310 g/mol. The van der Waals surface area contributed by atoms with E-state index in [0.717, 1.165) is 6.20 Å². The van der Waals surface area contributed by atoms with Gasteiger partial charge in [-0.2, -0.15) is 5.10 Å². The third-order valence-corrected chi connectivity index (χ3v) is 2.93. The number of nitro groups is 1. The molecule has 3 aromatic heterocycles. The predicted octanol–water partition coefficient (Wildman–Crippen LogP) is 2.36. The molecule has 0 aliphatic rings. The van der Waals surface area contributed by atoms with Gasteiger partial charge in [0.1, 0.15) is 12.0 Å². The molecule has 3 rings (SSSR count). The molecule has 1 N–H and O–H groups in total. The molecule has 9 nitrogen and oxygen atoms in total. The van der Waals surface area contributed by atoms with Crippen molar-refractivity contribution in [2.75, 3.05) is 5.32 Å². The topological polar surface area (TPSA) is 112 Å². The molecule has 0 saturated carbocycles. The number of hydrogen-bond acceptors (Lipinski definition) is 7. The Bertz CT molecular complexity index is 821. The predicted molar refractivity (Wildman–Crippen MR) is 78.3 cm³/mol. The molecule has 0 bridgehead atoms. The van der Waals surface area contributed by atoms with Crippen molar-refractivity contribution >= 4 is 28.8 Å². The van der Waals surface area contributed by atoms with Crippen LogP contribution in [0.4, 0.5) is 17.2 Å². The molecule has 0 atom stereocenters. The Balaban J connectivity index is 1.82. The normalized spacial score (nSPS) is 10.4. The van der Waals surface area contributed by atoms with E-state index >= 15 is 0 Å². The second-order valence-electron chi connectivity index (χ2n) is 4.13. The van der Waals surface area contributed by atoms with E-state index in [1.807, 2.05) is 0 Å². The van der Waals surface area contributed by atoms with Gasteiger partial charge in [0.2, 0.25) is 5.95 Å². The minimum absolute atomic E-state index is 0.137. The van der Waals surface area contributed by atoms with Crippen LogP contribution in [0.25, 0.3) is 5.95 Å². The van der Waals surface area contributed by atoms with Gasteiger partial charge >= 0.3 is 0 Å². The van der Waals surface area contributed by atoms with Crippen LogP contribution < -0.4 is 5.32 Å². The molecule has 0 fully saturated rings. The monoisotopic (exact) mass is 317 g/mol. The second kappa shape index (κ2) is 5.74. The quantitative estimate of drug-likeness (QED) is 0.580. The number of nitrogens with one attached hydrogen (secondary N) is 1. The van der Waals surface area contributed by atoms with E-state index in [0.29, 0.717) is 17.5 Å². The van der Waals surface area contributed by atoms with E-state index in [2.05, 4.69) is 25.4 Å². The van der Waals surface area contributed by atoms with Crippen LogP contribution in [0.5, 0.6) is 0 Å². The number of halogens is 1. The Hall–Kier alpha value is -3.07. The van der Waals surface area contributed by atoms with Gasteiger partial charge in [0, 0.05) is 18.5 Å². The van der Waals surface area contributed by atoms with Crippen molar-refractivity contribution in [3.63, 3.8) is 0 Å². The van der Waals surface area contributed by atoms with Crippen LogP contribution in [-0.2, 0) is 0 Å². The number of aromatic nitrogens is 5. The molecule has 0 amide bonds. The lowest BCUT2D eigenvalue weighted by molar-refractivity contribution is -0.385. The van der Waals surface area contributed by atoms with E-state index in [1.54, 1.807) is 24.7 Å². The fourth-order valence-corrected chi connectivity index (χ4v) is 1.87. The Morgan fingerprint density at radius 3 is 2.68 bits per heavy atom. The van der Waals surface area contributed by atoms with Crippen molar-refractivity contribution in [3.8, 4) is 5.95 Å². The molecule has 0 aromatic carbocycles. The zero-order chi connectivity index (χ0) is 15.5. The smallest absolute Gasteiger partial charge is 0.289 e. The molecule has 0 spiro atoms. The molecule has 22 heavy (non-hydrogen) atoms. The van der Waals surface area contributed by atoms with Gasteiger partial charge in [0.15, 0.2) is 0 Å². The van der Waals surface area contributed by atoms with Gasteiger partial charge < -0.3 is 5.32 Å². The molecule has 0 radical (unpaired) electrons. The highest BCUT2D eigenvalue weighted by Crippen LogP contribution is 2.26. The number of nitrogens with zero attached hydrogens (tertiary/aromatic N) is 6. The maximum Gasteiger partial charge on any atom is 0.289 e. The van der Waals surface area contributed by atoms with Crippen LogP contribution in [0.2, 0.25) is 5.02 Å². The third kappa shape index (κ3) is 2.83. The summed E-state index contributed by atoms with van der Waals surface area (Å²) in [5.41, 5.74) is 0.416. The van der Waals surface area contributed by atoms with Gasteiger partial charge in [-0.1, -0.05) is 11.6 Å². The first kappa shape index (κ1) is 13.9. The van der Waals surface area contributed by atoms with Gasteiger partial charge in [-0.15, -0.1) is 0 Å². The highest BCUT2D eigenvalue weighted by Gasteiger charge is 2.12. The van der Waals surface area contributed by atoms with Gasteiger partial charge in [-0.05, 0) is 6.07 Å². The van der Waals surface area contributed by atoms with Gasteiger partial charge in [-0.3, -0.25) is 10.1 Å². The maximum absolute atomic E-state index is 10.6. The Labute approximate surface area is 128 Å². The van der Waals surface area contributed by atoms with Gasteiger partial charge in [-0.25, -0.2) is 19.6 Å². The lowest BCUT2D eigenvalue weighted by atomic mass is 10.4. The number of rotatable bonds is 4. The summed E-state index contributed by atoms with van der Waals surface area (Å²) in [7, 11) is 0. The van der Waals surface area contributed by atoms with Crippen LogP contribution in [0, 0.1) is 10.1 Å². The summed E-state index contributed by atoms with van der Waals surface area (Å²) < 4.78 is 1.47. The van der Waals surface area contributed by atoms with Crippen molar-refractivity contribution in [1.82, 2.24) is 24.7 Å². The first-order chi connectivity index (χ1) is 10.6. The summed E-state index contributed by atoms with van der Waals surface area (Å²) in [6.45, 7) is 0. The van der Waals surface area contributed by atoms with E-state index in [4.69, 9.17) is 11.6 Å². The first-order valence-electron chi connectivity index (χ1n) is 6.02. The zero-order valence-corrected chi connectivity index (χ0v) is 11.7. The standard InChI is InChI=1S/C12H8ClN7O2/c13-10-4-9(20(21)22)6-16-11(10)18-8-5-17-19(7-8)12-14-2-1-3-15-12/h1-7H,(H,16,18). The van der Waals surface area contributed by atoms with E-state index in [1.165, 1.54) is 16.9 Å². The zero-order valence-electron chi connectivity index (χ0n) is 10.9. The Morgan fingerprint density at radius 2 is 2.00 bits per heavy atom. The minimum atomic E-state index is -0.562. The largest absolute Gasteiger partial charge is 0.336 e. The summed E-state index contributed by atoms with van der Waals surface area (Å²) in [5.74, 6) is 0.708. The molecule has 10 heteroatoms. The van der Waals surface area contributed by atoms with Crippen LogP contribution in [0.3, 0.4) is 0 Å². The number of pyridine rings is 1. The molecule has 0 saturated heterocycles. The van der Waals surface area contributed by atoms with Crippen molar-refractivity contribution in [2.45, 2.75) is 0 Å².